The molecule has 1 saturated carbocycles. The lowest BCUT2D eigenvalue weighted by molar-refractivity contribution is -0.276. The lowest BCUT2D eigenvalue weighted by Gasteiger charge is -2.28. The highest BCUT2D eigenvalue weighted by atomic mass is 19.4. The molecule has 0 saturated heterocycles. The van der Waals surface area contributed by atoms with Crippen LogP contribution in [-0.2, 0) is 16.1 Å². The number of nitrogens with zero attached hydrogens (tertiary/aromatic N) is 2. The van der Waals surface area contributed by atoms with Crippen LogP contribution in [0.4, 0.5) is 13.2 Å². The van der Waals surface area contributed by atoms with E-state index in [4.69, 9.17) is 9.47 Å². The molecular weight excluding hydrogens is 401 g/mol. The molecule has 0 aliphatic heterocycles. The first-order valence-corrected chi connectivity index (χ1v) is 9.99. The zero-order chi connectivity index (χ0) is 21.6. The van der Waals surface area contributed by atoms with Crippen molar-refractivity contribution in [3.63, 3.8) is 0 Å². The Morgan fingerprint density at radius 2 is 1.87 bits per heavy atom. The van der Waals surface area contributed by atoms with E-state index in [2.05, 4.69) is 9.84 Å². The Labute approximate surface area is 172 Å². The molecule has 0 spiro atoms. The van der Waals surface area contributed by atoms with Gasteiger partial charge in [-0.1, -0.05) is 30.3 Å². The van der Waals surface area contributed by atoms with Crippen molar-refractivity contribution in [3.8, 4) is 5.88 Å². The summed E-state index contributed by atoms with van der Waals surface area (Å²) in [5.74, 6) is -1.27. The molecule has 1 aliphatic carbocycles. The Balaban J connectivity index is 1.56. The van der Waals surface area contributed by atoms with E-state index in [1.807, 2.05) is 30.3 Å². The van der Waals surface area contributed by atoms with Crippen molar-refractivity contribution in [2.24, 2.45) is 5.92 Å². The number of hydrogen-bond acceptors (Lipinski definition) is 5. The Hall–Kier alpha value is -2.55. The predicted octanol–water partition coefficient (Wildman–Crippen LogP) is 4.91. The van der Waals surface area contributed by atoms with Gasteiger partial charge in [-0.3, -0.25) is 4.68 Å². The standard InChI is InChI=1S/C21H25F3N2O4/c1-2-29-20(27)18-12-26(25-19(18)30-21(22,23)24)17-10-8-16(9-11-17)14-28-13-15-6-4-3-5-7-15/h3-7,12,16-17H,2,8-11,13-14H2,1H3. The number of halogens is 3. The fourth-order valence-corrected chi connectivity index (χ4v) is 3.59. The van der Waals surface area contributed by atoms with Gasteiger partial charge in [0.05, 0.1) is 19.3 Å². The smallest absolute Gasteiger partial charge is 0.462 e. The second-order valence-corrected chi connectivity index (χ2v) is 7.27. The first-order chi connectivity index (χ1) is 14.4. The Bertz CT molecular complexity index is 815. The van der Waals surface area contributed by atoms with Crippen LogP contribution < -0.4 is 4.74 Å². The monoisotopic (exact) mass is 426 g/mol. The lowest BCUT2D eigenvalue weighted by atomic mass is 9.86. The summed E-state index contributed by atoms with van der Waals surface area (Å²) in [6.07, 6.45) is -0.458. The molecule has 2 aromatic rings. The molecule has 1 aromatic carbocycles. The van der Waals surface area contributed by atoms with Crippen LogP contribution in [0.3, 0.4) is 0 Å². The number of carbonyl (C=O) groups is 1. The van der Waals surface area contributed by atoms with Gasteiger partial charge in [0.15, 0.2) is 0 Å². The summed E-state index contributed by atoms with van der Waals surface area (Å²) in [5, 5.41) is 3.89. The van der Waals surface area contributed by atoms with Crippen LogP contribution in [0.1, 0.15) is 54.6 Å². The summed E-state index contributed by atoms with van der Waals surface area (Å²) < 4.78 is 54.0. The van der Waals surface area contributed by atoms with E-state index in [-0.39, 0.29) is 18.2 Å². The topological polar surface area (TPSA) is 62.6 Å². The highest BCUT2D eigenvalue weighted by Crippen LogP contribution is 2.34. The summed E-state index contributed by atoms with van der Waals surface area (Å²) in [6, 6.07) is 9.81. The normalized spacial score (nSPS) is 19.5. The molecule has 6 nitrogen and oxygen atoms in total. The number of esters is 1. The van der Waals surface area contributed by atoms with Gasteiger partial charge < -0.3 is 14.2 Å². The maximum atomic E-state index is 12.7. The number of benzene rings is 1. The zero-order valence-electron chi connectivity index (χ0n) is 16.7. The van der Waals surface area contributed by atoms with Crippen molar-refractivity contribution in [2.75, 3.05) is 13.2 Å². The molecule has 30 heavy (non-hydrogen) atoms. The van der Waals surface area contributed by atoms with Crippen molar-refractivity contribution in [1.29, 1.82) is 0 Å². The quantitative estimate of drug-likeness (QED) is 0.562. The van der Waals surface area contributed by atoms with Gasteiger partial charge in [0, 0.05) is 12.8 Å². The van der Waals surface area contributed by atoms with Gasteiger partial charge >= 0.3 is 12.3 Å². The van der Waals surface area contributed by atoms with E-state index in [1.54, 1.807) is 6.92 Å². The van der Waals surface area contributed by atoms with Gasteiger partial charge in [-0.15, -0.1) is 18.3 Å². The van der Waals surface area contributed by atoms with Crippen LogP contribution >= 0.6 is 0 Å². The number of rotatable bonds is 8. The van der Waals surface area contributed by atoms with Crippen molar-refractivity contribution in [3.05, 3.63) is 47.7 Å². The number of aromatic nitrogens is 2. The van der Waals surface area contributed by atoms with Crippen LogP contribution in [0, 0.1) is 5.92 Å². The van der Waals surface area contributed by atoms with Gasteiger partial charge in [-0.25, -0.2) is 4.79 Å². The molecule has 164 valence electrons. The third-order valence-electron chi connectivity index (χ3n) is 5.06. The maximum absolute atomic E-state index is 12.7. The molecule has 3 rings (SSSR count). The van der Waals surface area contributed by atoms with Gasteiger partial charge in [-0.2, -0.15) is 0 Å². The fraction of sp³-hybridized carbons (Fsp3) is 0.524. The molecule has 1 aromatic heterocycles. The third kappa shape index (κ3) is 6.22. The molecule has 9 heteroatoms. The molecule has 0 atom stereocenters. The van der Waals surface area contributed by atoms with E-state index in [0.717, 1.165) is 31.2 Å². The number of carbonyl (C=O) groups excluding carboxylic acids is 1. The molecule has 0 radical (unpaired) electrons. The van der Waals surface area contributed by atoms with Gasteiger partial charge in [0.25, 0.3) is 5.88 Å². The minimum Gasteiger partial charge on any atom is -0.462 e. The van der Waals surface area contributed by atoms with E-state index < -0.39 is 18.2 Å². The summed E-state index contributed by atoms with van der Waals surface area (Å²) in [6.45, 7) is 2.81. The first kappa shape index (κ1) is 22.1. The lowest BCUT2D eigenvalue weighted by Crippen LogP contribution is -2.22. The third-order valence-corrected chi connectivity index (χ3v) is 5.06. The van der Waals surface area contributed by atoms with E-state index in [9.17, 15) is 18.0 Å². The van der Waals surface area contributed by atoms with Crippen LogP contribution in [-0.4, -0.2) is 35.3 Å². The minimum absolute atomic E-state index is 0.0452. The molecule has 1 fully saturated rings. The first-order valence-electron chi connectivity index (χ1n) is 9.99. The minimum atomic E-state index is -4.94. The molecule has 0 N–H and O–H groups in total. The van der Waals surface area contributed by atoms with E-state index in [1.165, 1.54) is 10.9 Å². The summed E-state index contributed by atoms with van der Waals surface area (Å²) >= 11 is 0. The second-order valence-electron chi connectivity index (χ2n) is 7.27. The second kappa shape index (κ2) is 9.97. The Kier molecular flexibility index (Phi) is 7.36. The molecular formula is C21H25F3N2O4. The Morgan fingerprint density at radius 1 is 1.17 bits per heavy atom. The SMILES string of the molecule is CCOC(=O)c1cn(C2CCC(COCc3ccccc3)CC2)nc1OC(F)(F)F. The van der Waals surface area contributed by atoms with Crippen molar-refractivity contribution in [1.82, 2.24) is 9.78 Å². The fourth-order valence-electron chi connectivity index (χ4n) is 3.59. The number of ether oxygens (including phenoxy) is 3. The van der Waals surface area contributed by atoms with Crippen molar-refractivity contribution in [2.45, 2.75) is 51.6 Å². The zero-order valence-corrected chi connectivity index (χ0v) is 16.7. The number of hydrogen-bond donors (Lipinski definition) is 0. The van der Waals surface area contributed by atoms with Crippen LogP contribution in [0.2, 0.25) is 0 Å². The van der Waals surface area contributed by atoms with Crippen LogP contribution in [0.25, 0.3) is 0 Å². The molecule has 1 aliphatic rings. The molecule has 0 bridgehead atoms. The summed E-state index contributed by atoms with van der Waals surface area (Å²) in [5.41, 5.74) is 0.800. The van der Waals surface area contributed by atoms with Crippen molar-refractivity contribution >= 4 is 5.97 Å². The molecule has 0 unspecified atom stereocenters. The predicted molar refractivity (Wildman–Crippen MR) is 102 cm³/mol. The van der Waals surface area contributed by atoms with Gasteiger partial charge in [0.2, 0.25) is 0 Å². The Morgan fingerprint density at radius 3 is 2.50 bits per heavy atom. The summed E-state index contributed by atoms with van der Waals surface area (Å²) in [4.78, 5) is 12.0. The molecule has 0 amide bonds. The van der Waals surface area contributed by atoms with Crippen LogP contribution in [0.15, 0.2) is 36.5 Å². The number of alkyl halides is 3. The van der Waals surface area contributed by atoms with Crippen LogP contribution in [0.5, 0.6) is 5.88 Å². The van der Waals surface area contributed by atoms with E-state index in [0.29, 0.717) is 19.1 Å². The summed E-state index contributed by atoms with van der Waals surface area (Å²) in [7, 11) is 0. The van der Waals surface area contributed by atoms with Gasteiger partial charge in [0.1, 0.15) is 5.56 Å². The highest BCUT2D eigenvalue weighted by molar-refractivity contribution is 5.91. The molecule has 1 heterocycles. The highest BCUT2D eigenvalue weighted by Gasteiger charge is 2.36. The maximum Gasteiger partial charge on any atom is 0.574 e. The van der Waals surface area contributed by atoms with E-state index >= 15 is 0 Å². The largest absolute Gasteiger partial charge is 0.574 e. The average molecular weight is 426 g/mol. The van der Waals surface area contributed by atoms with Crippen molar-refractivity contribution < 1.29 is 32.2 Å². The van der Waals surface area contributed by atoms with Gasteiger partial charge in [-0.05, 0) is 44.1 Å². The average Bonchev–Trinajstić information content (AvgIpc) is 3.11.